The van der Waals surface area contributed by atoms with E-state index in [1.54, 1.807) is 7.05 Å². The van der Waals surface area contributed by atoms with Gasteiger partial charge in [0.25, 0.3) is 0 Å². The third kappa shape index (κ3) is 6.06. The first-order valence-corrected chi connectivity index (χ1v) is 9.04. The van der Waals surface area contributed by atoms with Crippen LogP contribution >= 0.6 is 0 Å². The number of carboxylic acid groups (broad SMARTS) is 1. The minimum Gasteiger partial charge on any atom is -0.481 e. The number of carbonyl (C=O) groups is 3. The van der Waals surface area contributed by atoms with Gasteiger partial charge in [-0.2, -0.15) is 0 Å². The van der Waals surface area contributed by atoms with E-state index < -0.39 is 5.97 Å². The second kappa shape index (κ2) is 9.79. The van der Waals surface area contributed by atoms with Gasteiger partial charge in [0.1, 0.15) is 0 Å². The van der Waals surface area contributed by atoms with E-state index in [0.29, 0.717) is 12.8 Å². The van der Waals surface area contributed by atoms with Gasteiger partial charge in [0.15, 0.2) is 0 Å². The first kappa shape index (κ1) is 19.8. The second-order valence-corrected chi connectivity index (χ2v) is 6.69. The van der Waals surface area contributed by atoms with Crippen LogP contribution < -0.4 is 16.0 Å². The predicted molar refractivity (Wildman–Crippen MR) is 97.7 cm³/mol. The molecule has 2 rings (SSSR count). The summed E-state index contributed by atoms with van der Waals surface area (Å²) in [7, 11) is 1.60. The fraction of sp³-hybridized carbons (Fsp3) is 0.526. The highest BCUT2D eigenvalue weighted by Crippen LogP contribution is 2.25. The maximum atomic E-state index is 12.4. The lowest BCUT2D eigenvalue weighted by molar-refractivity contribution is -0.137. The molecular weight excluding hydrogens is 334 g/mol. The van der Waals surface area contributed by atoms with Gasteiger partial charge in [-0.05, 0) is 31.2 Å². The molecule has 7 heteroatoms. The van der Waals surface area contributed by atoms with Gasteiger partial charge in [-0.15, -0.1) is 0 Å². The quantitative estimate of drug-likeness (QED) is 0.565. The Bertz CT molecular complexity index is 620. The lowest BCUT2D eigenvalue weighted by Crippen LogP contribution is -2.50. The molecule has 3 atom stereocenters. The molecule has 1 aliphatic rings. The molecule has 0 radical (unpaired) electrons. The van der Waals surface area contributed by atoms with Crippen molar-refractivity contribution in [3.8, 4) is 0 Å². The molecule has 0 saturated heterocycles. The van der Waals surface area contributed by atoms with Gasteiger partial charge in [0.05, 0.1) is 5.92 Å². The van der Waals surface area contributed by atoms with Gasteiger partial charge in [0, 0.05) is 25.6 Å². The normalized spacial score (nSPS) is 20.2. The molecule has 1 aromatic rings. The van der Waals surface area contributed by atoms with E-state index in [4.69, 9.17) is 5.11 Å². The maximum Gasteiger partial charge on any atom is 0.315 e. The van der Waals surface area contributed by atoms with Gasteiger partial charge in [-0.3, -0.25) is 9.59 Å². The van der Waals surface area contributed by atoms with Crippen molar-refractivity contribution >= 4 is 17.9 Å². The molecule has 142 valence electrons. The summed E-state index contributed by atoms with van der Waals surface area (Å²) in [5, 5.41) is 17.4. The van der Waals surface area contributed by atoms with Gasteiger partial charge in [-0.1, -0.05) is 36.8 Å². The van der Waals surface area contributed by atoms with Crippen molar-refractivity contribution in [2.75, 3.05) is 7.05 Å². The Morgan fingerprint density at radius 3 is 2.58 bits per heavy atom. The molecule has 4 N–H and O–H groups in total. The molecular formula is C19H27N3O4. The van der Waals surface area contributed by atoms with Crippen LogP contribution in [0.5, 0.6) is 0 Å². The average molecular weight is 361 g/mol. The Balaban J connectivity index is 1.94. The molecule has 3 unspecified atom stereocenters. The molecule has 1 aromatic carbocycles. The van der Waals surface area contributed by atoms with Gasteiger partial charge >= 0.3 is 12.0 Å². The first-order valence-electron chi connectivity index (χ1n) is 9.04. The van der Waals surface area contributed by atoms with E-state index in [0.717, 1.165) is 24.8 Å². The minimum absolute atomic E-state index is 0.0118. The van der Waals surface area contributed by atoms with Crippen LogP contribution in [-0.2, 0) is 16.0 Å². The van der Waals surface area contributed by atoms with Crippen molar-refractivity contribution in [3.05, 3.63) is 35.9 Å². The number of benzene rings is 1. The molecule has 0 spiro atoms. The topological polar surface area (TPSA) is 108 Å². The molecule has 0 heterocycles. The van der Waals surface area contributed by atoms with E-state index in [1.807, 2.05) is 30.3 Å². The van der Waals surface area contributed by atoms with Crippen molar-refractivity contribution in [3.63, 3.8) is 0 Å². The summed E-state index contributed by atoms with van der Waals surface area (Å²) in [6.45, 7) is 0. The number of hydrogen-bond acceptors (Lipinski definition) is 3. The molecule has 1 saturated carbocycles. The van der Waals surface area contributed by atoms with E-state index >= 15 is 0 Å². The number of carbonyl (C=O) groups excluding carboxylic acids is 2. The Morgan fingerprint density at radius 1 is 1.19 bits per heavy atom. The van der Waals surface area contributed by atoms with Gasteiger partial charge < -0.3 is 21.1 Å². The second-order valence-electron chi connectivity index (χ2n) is 6.69. The highest BCUT2D eigenvalue weighted by molar-refractivity contribution is 5.81. The number of hydrogen-bond donors (Lipinski definition) is 4. The number of urea groups is 1. The highest BCUT2D eigenvalue weighted by Gasteiger charge is 2.33. The predicted octanol–water partition coefficient (Wildman–Crippen LogP) is 1.68. The zero-order valence-corrected chi connectivity index (χ0v) is 15.0. The molecule has 7 nitrogen and oxygen atoms in total. The van der Waals surface area contributed by atoms with Crippen molar-refractivity contribution in [1.82, 2.24) is 16.0 Å². The summed E-state index contributed by atoms with van der Waals surface area (Å²) in [4.78, 5) is 35.2. The number of carboxylic acids is 1. The monoisotopic (exact) mass is 361 g/mol. The molecule has 0 aromatic heterocycles. The zero-order valence-electron chi connectivity index (χ0n) is 15.0. The van der Waals surface area contributed by atoms with E-state index in [-0.39, 0.29) is 36.4 Å². The van der Waals surface area contributed by atoms with Crippen LogP contribution in [0.15, 0.2) is 30.3 Å². The van der Waals surface area contributed by atoms with E-state index in [1.165, 1.54) is 0 Å². The fourth-order valence-corrected chi connectivity index (χ4v) is 3.45. The SMILES string of the molecule is CNC(=O)C1CCCC1NC(=O)NC(CCC(=O)O)Cc1ccccc1. The summed E-state index contributed by atoms with van der Waals surface area (Å²) < 4.78 is 0. The first-order chi connectivity index (χ1) is 12.5. The summed E-state index contributed by atoms with van der Waals surface area (Å²) in [5.74, 6) is -1.16. The third-order valence-electron chi connectivity index (χ3n) is 4.78. The largest absolute Gasteiger partial charge is 0.481 e. The number of rotatable bonds is 8. The van der Waals surface area contributed by atoms with Gasteiger partial charge in [0.2, 0.25) is 5.91 Å². The fourth-order valence-electron chi connectivity index (χ4n) is 3.45. The van der Waals surface area contributed by atoms with Crippen LogP contribution in [0.3, 0.4) is 0 Å². The number of amides is 3. The van der Waals surface area contributed by atoms with Crippen LogP contribution in [0, 0.1) is 5.92 Å². The smallest absolute Gasteiger partial charge is 0.315 e. The van der Waals surface area contributed by atoms with E-state index in [9.17, 15) is 14.4 Å². The van der Waals surface area contributed by atoms with Gasteiger partial charge in [-0.25, -0.2) is 4.79 Å². The average Bonchev–Trinajstić information content (AvgIpc) is 3.07. The van der Waals surface area contributed by atoms with Crippen LogP contribution in [-0.4, -0.2) is 42.1 Å². The number of nitrogens with one attached hydrogen (secondary N) is 3. The van der Waals surface area contributed by atoms with Crippen LogP contribution in [0.25, 0.3) is 0 Å². The van der Waals surface area contributed by atoms with Crippen LogP contribution in [0.4, 0.5) is 4.79 Å². The lowest BCUT2D eigenvalue weighted by Gasteiger charge is -2.23. The van der Waals surface area contributed by atoms with Crippen LogP contribution in [0.2, 0.25) is 0 Å². The standard InChI is InChI=1S/C19H27N3O4/c1-20-18(25)15-8-5-9-16(15)22-19(26)21-14(10-11-17(23)24)12-13-6-3-2-4-7-13/h2-4,6-7,14-16H,5,8-12H2,1H3,(H,20,25)(H,23,24)(H2,21,22,26). The third-order valence-corrected chi connectivity index (χ3v) is 4.78. The Hall–Kier alpha value is -2.57. The lowest BCUT2D eigenvalue weighted by atomic mass is 10.0. The van der Waals surface area contributed by atoms with Crippen molar-refractivity contribution in [1.29, 1.82) is 0 Å². The molecule has 3 amide bonds. The summed E-state index contributed by atoms with van der Waals surface area (Å²) in [6, 6.07) is 8.82. The Morgan fingerprint density at radius 2 is 1.92 bits per heavy atom. The van der Waals surface area contributed by atoms with Crippen LogP contribution in [0.1, 0.15) is 37.7 Å². The molecule has 0 bridgehead atoms. The van der Waals surface area contributed by atoms with Crippen molar-refractivity contribution in [2.24, 2.45) is 5.92 Å². The minimum atomic E-state index is -0.888. The molecule has 0 aliphatic heterocycles. The summed E-state index contributed by atoms with van der Waals surface area (Å²) >= 11 is 0. The summed E-state index contributed by atoms with van der Waals surface area (Å²) in [5.41, 5.74) is 1.03. The maximum absolute atomic E-state index is 12.4. The summed E-state index contributed by atoms with van der Waals surface area (Å²) in [6.07, 6.45) is 3.32. The Kier molecular flexibility index (Phi) is 7.44. The Labute approximate surface area is 153 Å². The highest BCUT2D eigenvalue weighted by atomic mass is 16.4. The zero-order chi connectivity index (χ0) is 18.9. The van der Waals surface area contributed by atoms with Crippen molar-refractivity contribution < 1.29 is 19.5 Å². The van der Waals surface area contributed by atoms with E-state index in [2.05, 4.69) is 16.0 Å². The molecule has 26 heavy (non-hydrogen) atoms. The molecule has 1 fully saturated rings. The van der Waals surface area contributed by atoms with Crippen molar-refractivity contribution in [2.45, 2.75) is 50.6 Å². The number of aliphatic carboxylic acids is 1. The molecule has 1 aliphatic carbocycles.